The largest absolute Gasteiger partial charge is 0.489 e. The molecule has 1 aromatic carbocycles. The highest BCUT2D eigenvalue weighted by Gasteiger charge is 2.29. The predicted octanol–water partition coefficient (Wildman–Crippen LogP) is 2.35. The van der Waals surface area contributed by atoms with Gasteiger partial charge >= 0.3 is 0 Å². The van der Waals surface area contributed by atoms with Crippen molar-refractivity contribution >= 4 is 28.3 Å². The van der Waals surface area contributed by atoms with Gasteiger partial charge in [0.15, 0.2) is 17.3 Å². The van der Waals surface area contributed by atoms with Crippen LogP contribution in [0.1, 0.15) is 35.8 Å². The Morgan fingerprint density at radius 3 is 2.75 bits per heavy atom. The van der Waals surface area contributed by atoms with Crippen LogP contribution < -0.4 is 21.3 Å². The van der Waals surface area contributed by atoms with Crippen molar-refractivity contribution in [3.05, 3.63) is 46.7 Å². The van der Waals surface area contributed by atoms with Crippen molar-refractivity contribution in [2.45, 2.75) is 25.3 Å². The second kappa shape index (κ2) is 7.52. The van der Waals surface area contributed by atoms with E-state index in [2.05, 4.69) is 20.0 Å². The molecular formula is C21H21N7O4. The molecule has 32 heavy (non-hydrogen) atoms. The lowest BCUT2D eigenvalue weighted by molar-refractivity contribution is 0.101. The van der Waals surface area contributed by atoms with Crippen molar-refractivity contribution in [3.8, 4) is 17.4 Å². The molecule has 0 radical (unpaired) electrons. The van der Waals surface area contributed by atoms with E-state index in [0.29, 0.717) is 22.7 Å². The second-order valence-electron chi connectivity index (χ2n) is 7.69. The van der Waals surface area contributed by atoms with E-state index >= 15 is 0 Å². The van der Waals surface area contributed by atoms with Crippen LogP contribution in [0.5, 0.6) is 5.75 Å². The van der Waals surface area contributed by atoms with Gasteiger partial charge in [0.2, 0.25) is 5.75 Å². The standard InChI is InChI=1S/C21H21N7O4/c1-27-18(19-25-14-8-11(22)6-7-15(14)28(19)13-4-3-5-13)26-16(17(31-2)21(27)30)20(29)24-12-9-23-32-10-12/h6-10,13H,3-5,22H2,1-2H3,(H,24,29). The molecule has 0 aliphatic heterocycles. The lowest BCUT2D eigenvalue weighted by Crippen LogP contribution is -2.28. The first-order valence-corrected chi connectivity index (χ1v) is 10.1. The van der Waals surface area contributed by atoms with Crippen LogP contribution >= 0.6 is 0 Å². The molecule has 1 saturated carbocycles. The van der Waals surface area contributed by atoms with Gasteiger partial charge in [0.05, 0.1) is 24.3 Å². The maximum atomic E-state index is 13.1. The van der Waals surface area contributed by atoms with Gasteiger partial charge in [-0.15, -0.1) is 0 Å². The molecular weight excluding hydrogens is 414 g/mol. The molecule has 164 valence electrons. The number of amides is 1. The van der Waals surface area contributed by atoms with Gasteiger partial charge in [-0.3, -0.25) is 14.2 Å². The fourth-order valence-corrected chi connectivity index (χ4v) is 3.86. The first kappa shape index (κ1) is 19.8. The normalized spacial score (nSPS) is 13.8. The molecule has 11 heteroatoms. The number of rotatable bonds is 5. The highest BCUT2D eigenvalue weighted by atomic mass is 16.5. The number of aromatic nitrogens is 5. The third-order valence-corrected chi connectivity index (χ3v) is 5.71. The maximum absolute atomic E-state index is 13.1. The van der Waals surface area contributed by atoms with Crippen LogP contribution in [0, 0.1) is 0 Å². The summed E-state index contributed by atoms with van der Waals surface area (Å²) < 4.78 is 13.4. The number of carbonyl (C=O) groups is 1. The molecule has 1 aliphatic carbocycles. The van der Waals surface area contributed by atoms with Gasteiger partial charge in [0.25, 0.3) is 11.5 Å². The van der Waals surface area contributed by atoms with Crippen molar-refractivity contribution in [2.75, 3.05) is 18.2 Å². The SMILES string of the molecule is COc1c(C(=O)Nc2cnoc2)nc(-c2nc3cc(N)ccc3n2C2CCC2)n(C)c1=O. The number of benzene rings is 1. The highest BCUT2D eigenvalue weighted by molar-refractivity contribution is 6.04. The molecule has 4 aromatic rings. The first-order valence-electron chi connectivity index (χ1n) is 10.1. The Bertz CT molecular complexity index is 1380. The van der Waals surface area contributed by atoms with Crippen LogP contribution in [-0.2, 0) is 7.05 Å². The number of hydrogen-bond acceptors (Lipinski definition) is 8. The Hall–Kier alpha value is -4.15. The number of ether oxygens (including phenoxy) is 1. The summed E-state index contributed by atoms with van der Waals surface area (Å²) in [6.45, 7) is 0. The van der Waals surface area contributed by atoms with Crippen molar-refractivity contribution in [1.29, 1.82) is 0 Å². The lowest BCUT2D eigenvalue weighted by Gasteiger charge is -2.29. The molecule has 0 unspecified atom stereocenters. The summed E-state index contributed by atoms with van der Waals surface area (Å²) in [6, 6.07) is 5.75. The lowest BCUT2D eigenvalue weighted by atomic mass is 9.92. The van der Waals surface area contributed by atoms with Crippen LogP contribution in [-0.4, -0.2) is 37.3 Å². The number of nitrogens with zero attached hydrogens (tertiary/aromatic N) is 5. The zero-order chi connectivity index (χ0) is 22.4. The maximum Gasteiger partial charge on any atom is 0.296 e. The summed E-state index contributed by atoms with van der Waals surface area (Å²) in [4.78, 5) is 35.3. The van der Waals surface area contributed by atoms with E-state index in [4.69, 9.17) is 20.0 Å². The zero-order valence-electron chi connectivity index (χ0n) is 17.5. The topological polar surface area (TPSA) is 143 Å². The van der Waals surface area contributed by atoms with Crippen molar-refractivity contribution in [1.82, 2.24) is 24.3 Å². The molecule has 0 saturated heterocycles. The van der Waals surface area contributed by atoms with Crippen molar-refractivity contribution < 1.29 is 14.1 Å². The molecule has 1 amide bonds. The van der Waals surface area contributed by atoms with E-state index in [-0.39, 0.29) is 23.3 Å². The van der Waals surface area contributed by atoms with E-state index in [1.165, 1.54) is 24.1 Å². The molecule has 3 N–H and O–H groups in total. The summed E-state index contributed by atoms with van der Waals surface area (Å²) in [5.74, 6) is -0.0372. The average Bonchev–Trinajstić information content (AvgIpc) is 3.36. The fraction of sp³-hybridized carbons (Fsp3) is 0.286. The number of carbonyl (C=O) groups excluding carboxylic acids is 1. The van der Waals surface area contributed by atoms with Gasteiger partial charge < -0.3 is 24.9 Å². The number of hydrogen-bond donors (Lipinski definition) is 2. The zero-order valence-corrected chi connectivity index (χ0v) is 17.5. The second-order valence-corrected chi connectivity index (χ2v) is 7.69. The highest BCUT2D eigenvalue weighted by Crippen LogP contribution is 2.38. The molecule has 3 heterocycles. The summed E-state index contributed by atoms with van der Waals surface area (Å²) in [7, 11) is 2.90. The smallest absolute Gasteiger partial charge is 0.296 e. The van der Waals surface area contributed by atoms with Crippen molar-refractivity contribution in [3.63, 3.8) is 0 Å². The van der Waals surface area contributed by atoms with Crippen LogP contribution in [0.25, 0.3) is 22.7 Å². The predicted molar refractivity (Wildman–Crippen MR) is 117 cm³/mol. The Labute approximate surface area is 181 Å². The van der Waals surface area contributed by atoms with Crippen LogP contribution in [0.3, 0.4) is 0 Å². The molecule has 1 fully saturated rings. The van der Waals surface area contributed by atoms with E-state index < -0.39 is 11.5 Å². The Balaban J connectivity index is 1.72. The number of nitrogens with one attached hydrogen (secondary N) is 1. The number of imidazole rings is 1. The number of anilines is 2. The van der Waals surface area contributed by atoms with E-state index in [1.54, 1.807) is 13.1 Å². The monoisotopic (exact) mass is 435 g/mol. The molecule has 3 aromatic heterocycles. The quantitative estimate of drug-likeness (QED) is 0.455. The summed E-state index contributed by atoms with van der Waals surface area (Å²) in [6.07, 6.45) is 5.71. The van der Waals surface area contributed by atoms with Crippen LogP contribution in [0.4, 0.5) is 11.4 Å². The first-order chi connectivity index (χ1) is 15.5. The minimum absolute atomic E-state index is 0.154. The van der Waals surface area contributed by atoms with Gasteiger partial charge in [-0.25, -0.2) is 9.97 Å². The van der Waals surface area contributed by atoms with Crippen LogP contribution in [0.2, 0.25) is 0 Å². The fourth-order valence-electron chi connectivity index (χ4n) is 3.86. The molecule has 0 spiro atoms. The number of nitrogen functional groups attached to an aromatic ring is 1. The van der Waals surface area contributed by atoms with Gasteiger partial charge in [0.1, 0.15) is 12.0 Å². The van der Waals surface area contributed by atoms with Gasteiger partial charge in [-0.05, 0) is 37.5 Å². The van der Waals surface area contributed by atoms with Gasteiger partial charge in [0, 0.05) is 18.8 Å². The molecule has 0 bridgehead atoms. The third-order valence-electron chi connectivity index (χ3n) is 5.71. The number of fused-ring (bicyclic) bond motifs is 1. The molecule has 5 rings (SSSR count). The molecule has 0 atom stereocenters. The minimum atomic E-state index is -0.625. The Morgan fingerprint density at radius 1 is 1.28 bits per heavy atom. The average molecular weight is 435 g/mol. The van der Waals surface area contributed by atoms with E-state index in [0.717, 1.165) is 24.8 Å². The summed E-state index contributed by atoms with van der Waals surface area (Å²) in [5.41, 5.74) is 7.83. The third kappa shape index (κ3) is 3.09. The van der Waals surface area contributed by atoms with Gasteiger partial charge in [-0.2, -0.15) is 0 Å². The Kier molecular flexibility index (Phi) is 4.65. The van der Waals surface area contributed by atoms with Gasteiger partial charge in [-0.1, -0.05) is 5.16 Å². The number of methoxy groups -OCH3 is 1. The van der Waals surface area contributed by atoms with Crippen LogP contribution in [0.15, 0.2) is 40.0 Å². The minimum Gasteiger partial charge on any atom is -0.489 e. The molecule has 11 nitrogen and oxygen atoms in total. The summed E-state index contributed by atoms with van der Waals surface area (Å²) in [5, 5.41) is 6.16. The Morgan fingerprint density at radius 2 is 2.09 bits per heavy atom. The summed E-state index contributed by atoms with van der Waals surface area (Å²) >= 11 is 0. The van der Waals surface area contributed by atoms with E-state index in [9.17, 15) is 9.59 Å². The van der Waals surface area contributed by atoms with Crippen molar-refractivity contribution in [2.24, 2.45) is 7.05 Å². The number of nitrogens with two attached hydrogens (primary N) is 1. The van der Waals surface area contributed by atoms with E-state index in [1.807, 2.05) is 12.1 Å². The molecule has 1 aliphatic rings.